The molecular weight excluding hydrogens is 222 g/mol. The molecule has 0 aromatic carbocycles. The van der Waals surface area contributed by atoms with E-state index in [0.717, 1.165) is 36.6 Å². The zero-order valence-corrected chi connectivity index (χ0v) is 10.8. The second-order valence-corrected chi connectivity index (χ2v) is 5.90. The van der Waals surface area contributed by atoms with Gasteiger partial charge in [-0.2, -0.15) is 0 Å². The Morgan fingerprint density at radius 1 is 1.38 bits per heavy atom. The number of aryl methyl sites for hydroxylation is 2. The lowest BCUT2D eigenvalue weighted by molar-refractivity contribution is 0.0188. The molecule has 2 heterocycles. The lowest BCUT2D eigenvalue weighted by Crippen LogP contribution is -2.31. The number of rotatable bonds is 2. The largest absolute Gasteiger partial charge is 0.389 e. The molecule has 2 rings (SSSR count). The van der Waals surface area contributed by atoms with Crippen LogP contribution in [0.15, 0.2) is 0 Å². The van der Waals surface area contributed by atoms with E-state index in [2.05, 4.69) is 11.9 Å². The molecule has 1 unspecified atom stereocenters. The number of aliphatic hydroxyl groups is 1. The van der Waals surface area contributed by atoms with E-state index >= 15 is 0 Å². The molecule has 0 amide bonds. The summed E-state index contributed by atoms with van der Waals surface area (Å²) in [6.07, 6.45) is 3.17. The monoisotopic (exact) mass is 241 g/mol. The number of hydrogen-bond donors (Lipinski definition) is 1. The van der Waals surface area contributed by atoms with E-state index in [9.17, 15) is 5.11 Å². The highest BCUT2D eigenvalue weighted by Crippen LogP contribution is 2.28. The Balaban J connectivity index is 2.06. The average molecular weight is 241 g/mol. The summed E-state index contributed by atoms with van der Waals surface area (Å²) in [6.45, 7) is 5.55. The van der Waals surface area contributed by atoms with Gasteiger partial charge in [0.2, 0.25) is 0 Å². The second kappa shape index (κ2) is 4.82. The van der Waals surface area contributed by atoms with E-state index in [4.69, 9.17) is 4.74 Å². The van der Waals surface area contributed by atoms with Crippen molar-refractivity contribution in [1.29, 1.82) is 0 Å². The molecule has 1 aliphatic rings. The molecule has 1 aliphatic heterocycles. The first kappa shape index (κ1) is 12.0. The summed E-state index contributed by atoms with van der Waals surface area (Å²) >= 11 is 1.70. The van der Waals surface area contributed by atoms with E-state index in [0.29, 0.717) is 13.0 Å². The van der Waals surface area contributed by atoms with Crippen molar-refractivity contribution in [2.75, 3.05) is 13.2 Å². The van der Waals surface area contributed by atoms with Gasteiger partial charge >= 0.3 is 0 Å². The van der Waals surface area contributed by atoms with Gasteiger partial charge < -0.3 is 9.84 Å². The fourth-order valence-corrected chi connectivity index (χ4v) is 3.14. The standard InChI is InChI=1S/C12H19NO2S/c1-9-10(2)16-11(13-9)8-12(14)4-3-6-15-7-5-12/h14H,3-8H2,1-2H3. The van der Waals surface area contributed by atoms with Crippen molar-refractivity contribution in [2.45, 2.75) is 45.1 Å². The van der Waals surface area contributed by atoms with Crippen LogP contribution in [0.2, 0.25) is 0 Å². The first-order valence-electron chi connectivity index (χ1n) is 5.82. The van der Waals surface area contributed by atoms with Crippen LogP contribution in [-0.2, 0) is 11.2 Å². The third kappa shape index (κ3) is 2.81. The Labute approximate surface area is 100 Å². The normalized spacial score (nSPS) is 26.7. The number of ether oxygens (including phenoxy) is 1. The van der Waals surface area contributed by atoms with Gasteiger partial charge in [-0.1, -0.05) is 0 Å². The molecule has 0 saturated carbocycles. The van der Waals surface area contributed by atoms with Gasteiger partial charge in [0.05, 0.1) is 16.3 Å². The third-order valence-electron chi connectivity index (χ3n) is 3.20. The fraction of sp³-hybridized carbons (Fsp3) is 0.750. The molecule has 1 aromatic heterocycles. The second-order valence-electron chi connectivity index (χ2n) is 4.62. The van der Waals surface area contributed by atoms with Crippen molar-refractivity contribution in [3.8, 4) is 0 Å². The number of aromatic nitrogens is 1. The molecule has 1 N–H and O–H groups in total. The highest BCUT2D eigenvalue weighted by molar-refractivity contribution is 7.11. The van der Waals surface area contributed by atoms with Crippen LogP contribution in [0.25, 0.3) is 0 Å². The summed E-state index contributed by atoms with van der Waals surface area (Å²) < 4.78 is 5.38. The summed E-state index contributed by atoms with van der Waals surface area (Å²) in [5.41, 5.74) is 0.487. The Bertz CT molecular complexity index is 334. The summed E-state index contributed by atoms with van der Waals surface area (Å²) in [5, 5.41) is 11.5. The SMILES string of the molecule is Cc1nc(CC2(O)CCCOCC2)sc1C. The average Bonchev–Trinajstić information content (AvgIpc) is 2.42. The van der Waals surface area contributed by atoms with Gasteiger partial charge in [0.25, 0.3) is 0 Å². The molecule has 0 aliphatic carbocycles. The summed E-state index contributed by atoms with van der Waals surface area (Å²) in [5.74, 6) is 0. The molecule has 3 nitrogen and oxygen atoms in total. The molecule has 16 heavy (non-hydrogen) atoms. The van der Waals surface area contributed by atoms with Crippen LogP contribution in [-0.4, -0.2) is 28.9 Å². The van der Waals surface area contributed by atoms with Gasteiger partial charge in [0.1, 0.15) is 0 Å². The molecule has 1 saturated heterocycles. The maximum Gasteiger partial charge on any atom is 0.0959 e. The van der Waals surface area contributed by atoms with E-state index < -0.39 is 5.60 Å². The van der Waals surface area contributed by atoms with E-state index in [1.165, 1.54) is 4.88 Å². The number of hydrogen-bond acceptors (Lipinski definition) is 4. The molecule has 90 valence electrons. The Morgan fingerprint density at radius 2 is 2.19 bits per heavy atom. The quantitative estimate of drug-likeness (QED) is 0.863. The van der Waals surface area contributed by atoms with Crippen LogP contribution < -0.4 is 0 Å². The Kier molecular flexibility index (Phi) is 3.62. The molecular formula is C12H19NO2S. The smallest absolute Gasteiger partial charge is 0.0959 e. The molecule has 4 heteroatoms. The van der Waals surface area contributed by atoms with Gasteiger partial charge in [-0.05, 0) is 33.1 Å². The molecule has 0 radical (unpaired) electrons. The topological polar surface area (TPSA) is 42.4 Å². The van der Waals surface area contributed by atoms with Crippen LogP contribution in [0.5, 0.6) is 0 Å². The van der Waals surface area contributed by atoms with E-state index in [-0.39, 0.29) is 0 Å². The summed E-state index contributed by atoms with van der Waals surface area (Å²) in [7, 11) is 0. The Hall–Kier alpha value is -0.450. The van der Waals surface area contributed by atoms with E-state index in [1.807, 2.05) is 6.92 Å². The zero-order valence-electron chi connectivity index (χ0n) is 9.95. The molecule has 1 atom stereocenters. The van der Waals surface area contributed by atoms with Gasteiger partial charge in [-0.3, -0.25) is 0 Å². The summed E-state index contributed by atoms with van der Waals surface area (Å²) in [6, 6.07) is 0. The highest BCUT2D eigenvalue weighted by atomic mass is 32.1. The number of nitrogens with zero attached hydrogens (tertiary/aromatic N) is 1. The molecule has 0 bridgehead atoms. The van der Waals surface area contributed by atoms with Crippen LogP contribution in [0.1, 0.15) is 34.8 Å². The maximum atomic E-state index is 10.5. The fourth-order valence-electron chi connectivity index (χ4n) is 2.07. The summed E-state index contributed by atoms with van der Waals surface area (Å²) in [4.78, 5) is 5.75. The van der Waals surface area contributed by atoms with Crippen LogP contribution >= 0.6 is 11.3 Å². The highest BCUT2D eigenvalue weighted by Gasteiger charge is 2.29. The van der Waals surface area contributed by atoms with Gasteiger partial charge in [0.15, 0.2) is 0 Å². The molecule has 1 aromatic rings. The van der Waals surface area contributed by atoms with Crippen LogP contribution in [0.4, 0.5) is 0 Å². The van der Waals surface area contributed by atoms with Crippen molar-refractivity contribution in [2.24, 2.45) is 0 Å². The van der Waals surface area contributed by atoms with Crippen molar-refractivity contribution in [3.63, 3.8) is 0 Å². The predicted molar refractivity (Wildman–Crippen MR) is 64.9 cm³/mol. The predicted octanol–water partition coefficient (Wildman–Crippen LogP) is 2.23. The Morgan fingerprint density at radius 3 is 2.88 bits per heavy atom. The maximum absolute atomic E-state index is 10.5. The first-order chi connectivity index (χ1) is 7.59. The van der Waals surface area contributed by atoms with Crippen molar-refractivity contribution in [1.82, 2.24) is 4.98 Å². The van der Waals surface area contributed by atoms with E-state index in [1.54, 1.807) is 11.3 Å². The minimum Gasteiger partial charge on any atom is -0.389 e. The third-order valence-corrected chi connectivity index (χ3v) is 4.27. The number of thiazole rings is 1. The minimum absolute atomic E-state index is 0.604. The van der Waals surface area contributed by atoms with Crippen molar-refractivity contribution < 1.29 is 9.84 Å². The first-order valence-corrected chi connectivity index (χ1v) is 6.64. The minimum atomic E-state index is -0.604. The lowest BCUT2D eigenvalue weighted by Gasteiger charge is -2.24. The van der Waals surface area contributed by atoms with Crippen LogP contribution in [0, 0.1) is 13.8 Å². The van der Waals surface area contributed by atoms with Gasteiger partial charge in [0, 0.05) is 24.5 Å². The molecule has 1 fully saturated rings. The lowest BCUT2D eigenvalue weighted by atomic mass is 9.91. The van der Waals surface area contributed by atoms with Crippen molar-refractivity contribution >= 4 is 11.3 Å². The zero-order chi connectivity index (χ0) is 11.6. The molecule has 0 spiro atoms. The van der Waals surface area contributed by atoms with Gasteiger partial charge in [-0.15, -0.1) is 11.3 Å². The van der Waals surface area contributed by atoms with Gasteiger partial charge in [-0.25, -0.2) is 4.98 Å². The van der Waals surface area contributed by atoms with Crippen LogP contribution in [0.3, 0.4) is 0 Å². The van der Waals surface area contributed by atoms with Crippen molar-refractivity contribution in [3.05, 3.63) is 15.6 Å².